The molecule has 1 fully saturated rings. The van der Waals surface area contributed by atoms with Crippen LogP contribution in [-0.4, -0.2) is 11.8 Å². The van der Waals surface area contributed by atoms with Gasteiger partial charge in [0, 0.05) is 6.42 Å². The molecule has 2 atom stereocenters. The fourth-order valence-electron chi connectivity index (χ4n) is 2.65. The summed E-state index contributed by atoms with van der Waals surface area (Å²) in [6, 6.07) is 8.38. The predicted octanol–water partition coefficient (Wildman–Crippen LogP) is 2.41. The summed E-state index contributed by atoms with van der Waals surface area (Å²) in [7, 11) is 0. The minimum Gasteiger partial charge on any atom is -0.296 e. The summed E-state index contributed by atoms with van der Waals surface area (Å²) in [6.45, 7) is 4.18. The van der Waals surface area contributed by atoms with Crippen LogP contribution in [0.1, 0.15) is 43.7 Å². The number of aryl methyl sites for hydroxylation is 1. The van der Waals surface area contributed by atoms with Gasteiger partial charge in [-0.25, -0.2) is 0 Å². The average Bonchev–Trinajstić information content (AvgIpc) is 2.70. The van der Waals surface area contributed by atoms with Gasteiger partial charge in [-0.1, -0.05) is 38.1 Å². The first-order valence-corrected chi connectivity index (χ1v) is 6.58. The van der Waals surface area contributed by atoms with Crippen molar-refractivity contribution in [2.75, 3.05) is 0 Å². The number of nitrogens with one attached hydrogen (secondary N) is 1. The van der Waals surface area contributed by atoms with Gasteiger partial charge in [0.15, 0.2) is 0 Å². The van der Waals surface area contributed by atoms with Crippen LogP contribution in [0.2, 0.25) is 0 Å². The summed E-state index contributed by atoms with van der Waals surface area (Å²) in [6.07, 6.45) is 2.21. The van der Waals surface area contributed by atoms with Crippen molar-refractivity contribution in [1.82, 2.24) is 5.32 Å². The molecular formula is C15H19NO2. The number of hydrogen-bond acceptors (Lipinski definition) is 2. The molecule has 2 rings (SSSR count). The van der Waals surface area contributed by atoms with Crippen LogP contribution < -0.4 is 5.32 Å². The van der Waals surface area contributed by atoms with Crippen LogP contribution in [0.3, 0.4) is 0 Å². The third-order valence-electron chi connectivity index (χ3n) is 3.75. The van der Waals surface area contributed by atoms with Gasteiger partial charge >= 0.3 is 0 Å². The highest BCUT2D eigenvalue weighted by molar-refractivity contribution is 6.03. The van der Waals surface area contributed by atoms with E-state index < -0.39 is 0 Å². The van der Waals surface area contributed by atoms with Gasteiger partial charge in [0.25, 0.3) is 0 Å². The second-order valence-electron chi connectivity index (χ2n) is 4.83. The molecule has 3 nitrogen and oxygen atoms in total. The van der Waals surface area contributed by atoms with E-state index in [1.165, 1.54) is 5.56 Å². The topological polar surface area (TPSA) is 46.2 Å². The molecule has 1 aromatic rings. The smallest absolute Gasteiger partial charge is 0.230 e. The maximum absolute atomic E-state index is 11.7. The van der Waals surface area contributed by atoms with E-state index in [2.05, 4.69) is 43.4 Å². The Bertz CT molecular complexity index is 450. The molecule has 1 N–H and O–H groups in total. The molecule has 1 aliphatic rings. The van der Waals surface area contributed by atoms with Crippen LogP contribution in [0, 0.1) is 5.92 Å². The zero-order valence-electron chi connectivity index (χ0n) is 10.9. The number of imide groups is 1. The summed E-state index contributed by atoms with van der Waals surface area (Å²) in [5.41, 5.74) is 2.45. The second-order valence-corrected chi connectivity index (χ2v) is 4.83. The first-order chi connectivity index (χ1) is 8.65. The van der Waals surface area contributed by atoms with Gasteiger partial charge < -0.3 is 0 Å². The maximum Gasteiger partial charge on any atom is 0.230 e. The number of rotatable bonds is 4. The largest absolute Gasteiger partial charge is 0.296 e. The number of hydrogen-bond donors (Lipinski definition) is 1. The molecule has 18 heavy (non-hydrogen) atoms. The summed E-state index contributed by atoms with van der Waals surface area (Å²) in [5.74, 6) is -0.322. The van der Waals surface area contributed by atoms with Gasteiger partial charge in [-0.05, 0) is 29.9 Å². The summed E-state index contributed by atoms with van der Waals surface area (Å²) < 4.78 is 0. The van der Waals surface area contributed by atoms with E-state index in [9.17, 15) is 9.59 Å². The zero-order valence-corrected chi connectivity index (χ0v) is 10.9. The molecule has 1 aromatic carbocycles. The molecule has 0 aliphatic carbocycles. The second kappa shape index (κ2) is 5.34. The Kier molecular flexibility index (Phi) is 3.80. The Morgan fingerprint density at radius 3 is 2.33 bits per heavy atom. The SMILES string of the molecule is CCc1ccc(C(CC)C2CC(=O)NC2=O)cc1. The summed E-state index contributed by atoms with van der Waals surface area (Å²) >= 11 is 0. The summed E-state index contributed by atoms with van der Waals surface area (Å²) in [5, 5.41) is 2.40. The van der Waals surface area contributed by atoms with E-state index in [0.29, 0.717) is 6.42 Å². The van der Waals surface area contributed by atoms with Crippen molar-refractivity contribution in [2.45, 2.75) is 39.0 Å². The highest BCUT2D eigenvalue weighted by Crippen LogP contribution is 2.33. The fourth-order valence-corrected chi connectivity index (χ4v) is 2.65. The summed E-state index contributed by atoms with van der Waals surface area (Å²) in [4.78, 5) is 23.0. The van der Waals surface area contributed by atoms with Crippen LogP contribution in [-0.2, 0) is 16.0 Å². The molecule has 2 amide bonds. The number of amides is 2. The molecular weight excluding hydrogens is 226 g/mol. The monoisotopic (exact) mass is 245 g/mol. The fraction of sp³-hybridized carbons (Fsp3) is 0.467. The molecule has 0 aromatic heterocycles. The van der Waals surface area contributed by atoms with Gasteiger partial charge in [-0.3, -0.25) is 14.9 Å². The van der Waals surface area contributed by atoms with E-state index >= 15 is 0 Å². The molecule has 96 valence electrons. The van der Waals surface area contributed by atoms with Crippen molar-refractivity contribution in [3.8, 4) is 0 Å². The predicted molar refractivity (Wildman–Crippen MR) is 70.1 cm³/mol. The molecule has 2 unspecified atom stereocenters. The Hall–Kier alpha value is -1.64. The molecule has 1 saturated heterocycles. The third-order valence-corrected chi connectivity index (χ3v) is 3.75. The lowest BCUT2D eigenvalue weighted by Gasteiger charge is -2.20. The zero-order chi connectivity index (χ0) is 13.1. The average molecular weight is 245 g/mol. The molecule has 0 saturated carbocycles. The van der Waals surface area contributed by atoms with Crippen molar-refractivity contribution in [3.05, 3.63) is 35.4 Å². The van der Waals surface area contributed by atoms with Gasteiger partial charge in [0.05, 0.1) is 5.92 Å². The minimum atomic E-state index is -0.199. The standard InChI is InChI=1S/C15H19NO2/c1-3-10-5-7-11(8-6-10)12(4-2)13-9-14(17)16-15(13)18/h5-8,12-13H,3-4,9H2,1-2H3,(H,16,17,18). The van der Waals surface area contributed by atoms with Gasteiger partial charge in [-0.15, -0.1) is 0 Å². The van der Waals surface area contributed by atoms with Crippen molar-refractivity contribution < 1.29 is 9.59 Å². The quantitative estimate of drug-likeness (QED) is 0.828. The van der Waals surface area contributed by atoms with Crippen LogP contribution in [0.15, 0.2) is 24.3 Å². The van der Waals surface area contributed by atoms with Crippen molar-refractivity contribution in [1.29, 1.82) is 0 Å². The van der Waals surface area contributed by atoms with Crippen LogP contribution in [0.4, 0.5) is 0 Å². The highest BCUT2D eigenvalue weighted by Gasteiger charge is 2.36. The van der Waals surface area contributed by atoms with E-state index in [-0.39, 0.29) is 23.7 Å². The number of carbonyl (C=O) groups is 2. The molecule has 1 aliphatic heterocycles. The lowest BCUT2D eigenvalue weighted by Crippen LogP contribution is -2.25. The number of benzene rings is 1. The lowest BCUT2D eigenvalue weighted by atomic mass is 9.82. The highest BCUT2D eigenvalue weighted by atomic mass is 16.2. The van der Waals surface area contributed by atoms with E-state index in [4.69, 9.17) is 0 Å². The molecule has 0 radical (unpaired) electrons. The van der Waals surface area contributed by atoms with E-state index in [1.807, 2.05) is 0 Å². The maximum atomic E-state index is 11.7. The van der Waals surface area contributed by atoms with Gasteiger partial charge in [0.1, 0.15) is 0 Å². The van der Waals surface area contributed by atoms with Crippen molar-refractivity contribution in [2.24, 2.45) is 5.92 Å². The van der Waals surface area contributed by atoms with Crippen molar-refractivity contribution >= 4 is 11.8 Å². The molecule has 3 heteroatoms. The Morgan fingerprint density at radius 1 is 1.22 bits per heavy atom. The van der Waals surface area contributed by atoms with Crippen LogP contribution >= 0.6 is 0 Å². The first-order valence-electron chi connectivity index (χ1n) is 6.58. The Labute approximate surface area is 108 Å². The van der Waals surface area contributed by atoms with Gasteiger partial charge in [-0.2, -0.15) is 0 Å². The normalized spacial score (nSPS) is 20.9. The molecule has 1 heterocycles. The first kappa shape index (κ1) is 12.8. The van der Waals surface area contributed by atoms with Crippen LogP contribution in [0.25, 0.3) is 0 Å². The van der Waals surface area contributed by atoms with Crippen LogP contribution in [0.5, 0.6) is 0 Å². The van der Waals surface area contributed by atoms with Gasteiger partial charge in [0.2, 0.25) is 11.8 Å². The van der Waals surface area contributed by atoms with Crippen molar-refractivity contribution in [3.63, 3.8) is 0 Å². The van der Waals surface area contributed by atoms with E-state index in [1.54, 1.807) is 0 Å². The lowest BCUT2D eigenvalue weighted by molar-refractivity contribution is -0.126. The molecule has 0 bridgehead atoms. The number of carbonyl (C=O) groups excluding carboxylic acids is 2. The minimum absolute atomic E-state index is 0.119. The van der Waals surface area contributed by atoms with E-state index in [0.717, 1.165) is 18.4 Å². The Morgan fingerprint density at radius 2 is 1.89 bits per heavy atom. The third kappa shape index (κ3) is 2.45. The molecule has 0 spiro atoms. The Balaban J connectivity index is 2.22.